The summed E-state index contributed by atoms with van der Waals surface area (Å²) in [5, 5.41) is 3.39. The van der Waals surface area contributed by atoms with Gasteiger partial charge in [-0.3, -0.25) is 0 Å². The number of hydrogen-bond donors (Lipinski definition) is 2. The molecule has 0 radical (unpaired) electrons. The maximum absolute atomic E-state index is 6.49. The lowest BCUT2D eigenvalue weighted by atomic mass is 9.86. The fourth-order valence-electron chi connectivity index (χ4n) is 2.69. The van der Waals surface area contributed by atoms with Gasteiger partial charge in [-0.25, -0.2) is 0 Å². The van der Waals surface area contributed by atoms with Gasteiger partial charge < -0.3 is 16.0 Å². The Bertz CT molecular complexity index is 170. The molecule has 0 aliphatic carbocycles. The predicted octanol–water partition coefficient (Wildman–Crippen LogP) is 1.58. The molecule has 0 unspecified atom stereocenters. The van der Waals surface area contributed by atoms with Gasteiger partial charge >= 0.3 is 0 Å². The van der Waals surface area contributed by atoms with E-state index in [2.05, 4.69) is 24.1 Å². The summed E-state index contributed by atoms with van der Waals surface area (Å²) in [6.45, 7) is 10.3. The minimum atomic E-state index is 0.0916. The van der Waals surface area contributed by atoms with Crippen LogP contribution < -0.4 is 11.1 Å². The molecular weight excluding hydrogens is 198 g/mol. The van der Waals surface area contributed by atoms with Crippen LogP contribution in [0.4, 0.5) is 0 Å². The Morgan fingerprint density at radius 2 is 1.62 bits per heavy atom. The van der Waals surface area contributed by atoms with E-state index in [1.807, 2.05) is 0 Å². The van der Waals surface area contributed by atoms with E-state index in [1.54, 1.807) is 0 Å². The predicted molar refractivity (Wildman–Crippen MR) is 70.7 cm³/mol. The molecular formula is C13H29N3. The van der Waals surface area contributed by atoms with Crippen molar-refractivity contribution < 1.29 is 0 Å². The topological polar surface area (TPSA) is 41.3 Å². The van der Waals surface area contributed by atoms with Crippen LogP contribution in [0.15, 0.2) is 0 Å². The summed E-state index contributed by atoms with van der Waals surface area (Å²) in [6.07, 6.45) is 5.92. The Morgan fingerprint density at radius 3 is 2.12 bits per heavy atom. The van der Waals surface area contributed by atoms with E-state index in [0.717, 1.165) is 19.5 Å². The van der Waals surface area contributed by atoms with Crippen molar-refractivity contribution in [3.8, 4) is 0 Å². The van der Waals surface area contributed by atoms with Crippen molar-refractivity contribution in [3.63, 3.8) is 0 Å². The molecule has 3 N–H and O–H groups in total. The Labute approximate surface area is 101 Å². The third-order valence-corrected chi connectivity index (χ3v) is 3.63. The lowest BCUT2D eigenvalue weighted by Gasteiger charge is -2.34. The summed E-state index contributed by atoms with van der Waals surface area (Å²) < 4.78 is 0. The van der Waals surface area contributed by atoms with E-state index in [0.29, 0.717) is 0 Å². The number of nitrogens with one attached hydrogen (secondary N) is 1. The van der Waals surface area contributed by atoms with Crippen LogP contribution in [0.3, 0.4) is 0 Å². The van der Waals surface area contributed by atoms with Crippen LogP contribution in [0.5, 0.6) is 0 Å². The Morgan fingerprint density at radius 1 is 1.06 bits per heavy atom. The van der Waals surface area contributed by atoms with Gasteiger partial charge in [-0.05, 0) is 25.8 Å². The molecule has 1 aliphatic rings. The number of hydrogen-bond acceptors (Lipinski definition) is 3. The van der Waals surface area contributed by atoms with E-state index in [1.165, 1.54) is 45.3 Å². The van der Waals surface area contributed by atoms with Gasteiger partial charge in [-0.2, -0.15) is 0 Å². The minimum Gasteiger partial charge on any atom is -0.325 e. The first-order valence-corrected chi connectivity index (χ1v) is 6.92. The smallest absolute Gasteiger partial charge is 0.0166 e. The molecule has 3 nitrogen and oxygen atoms in total. The first-order chi connectivity index (χ1) is 7.70. The lowest BCUT2D eigenvalue weighted by molar-refractivity contribution is 0.204. The second kappa shape index (κ2) is 7.25. The highest BCUT2D eigenvalue weighted by atomic mass is 15.2. The van der Waals surface area contributed by atoms with Gasteiger partial charge in [0.15, 0.2) is 0 Å². The molecule has 1 saturated heterocycles. The summed E-state index contributed by atoms with van der Waals surface area (Å²) in [4.78, 5) is 2.55. The molecule has 16 heavy (non-hydrogen) atoms. The van der Waals surface area contributed by atoms with Gasteiger partial charge in [-0.1, -0.05) is 26.7 Å². The SMILES string of the molecule is CCCC(N)(CCC)CCN1CCNCC1. The molecule has 0 aromatic rings. The summed E-state index contributed by atoms with van der Waals surface area (Å²) in [5.74, 6) is 0. The third-order valence-electron chi connectivity index (χ3n) is 3.63. The molecule has 96 valence electrons. The fourth-order valence-corrected chi connectivity index (χ4v) is 2.69. The van der Waals surface area contributed by atoms with Crippen LogP contribution in [-0.4, -0.2) is 43.2 Å². The van der Waals surface area contributed by atoms with Gasteiger partial charge in [0, 0.05) is 31.7 Å². The molecule has 0 aromatic carbocycles. The molecule has 0 atom stereocenters. The second-order valence-corrected chi connectivity index (χ2v) is 5.20. The van der Waals surface area contributed by atoms with Gasteiger partial charge in [0.2, 0.25) is 0 Å². The van der Waals surface area contributed by atoms with Crippen molar-refractivity contribution in [2.24, 2.45) is 5.73 Å². The number of nitrogens with zero attached hydrogens (tertiary/aromatic N) is 1. The monoisotopic (exact) mass is 227 g/mol. The summed E-state index contributed by atoms with van der Waals surface area (Å²) >= 11 is 0. The first kappa shape index (κ1) is 13.9. The van der Waals surface area contributed by atoms with Crippen molar-refractivity contribution in [2.45, 2.75) is 51.5 Å². The van der Waals surface area contributed by atoms with Crippen LogP contribution >= 0.6 is 0 Å². The van der Waals surface area contributed by atoms with Crippen molar-refractivity contribution >= 4 is 0 Å². The van der Waals surface area contributed by atoms with Gasteiger partial charge in [0.05, 0.1) is 0 Å². The number of rotatable bonds is 7. The summed E-state index contributed by atoms with van der Waals surface area (Å²) in [7, 11) is 0. The van der Waals surface area contributed by atoms with Gasteiger partial charge in [-0.15, -0.1) is 0 Å². The zero-order chi connectivity index (χ0) is 11.9. The molecule has 0 bridgehead atoms. The zero-order valence-corrected chi connectivity index (χ0v) is 11.1. The average molecular weight is 227 g/mol. The molecule has 1 rings (SSSR count). The summed E-state index contributed by atoms with van der Waals surface area (Å²) in [6, 6.07) is 0. The molecule has 1 heterocycles. The van der Waals surface area contributed by atoms with Gasteiger partial charge in [0.25, 0.3) is 0 Å². The molecule has 0 spiro atoms. The Balaban J connectivity index is 2.30. The number of piperazine rings is 1. The fraction of sp³-hybridized carbons (Fsp3) is 1.00. The van der Waals surface area contributed by atoms with E-state index in [4.69, 9.17) is 5.73 Å². The van der Waals surface area contributed by atoms with Gasteiger partial charge in [0.1, 0.15) is 0 Å². The maximum Gasteiger partial charge on any atom is 0.0166 e. The third kappa shape index (κ3) is 4.81. The lowest BCUT2D eigenvalue weighted by Crippen LogP contribution is -2.48. The standard InChI is InChI=1S/C13H29N3/c1-3-5-13(14,6-4-2)7-10-16-11-8-15-9-12-16/h15H,3-12,14H2,1-2H3. The van der Waals surface area contributed by atoms with Crippen LogP contribution in [0.25, 0.3) is 0 Å². The second-order valence-electron chi connectivity index (χ2n) is 5.20. The van der Waals surface area contributed by atoms with Crippen LogP contribution in [-0.2, 0) is 0 Å². The van der Waals surface area contributed by atoms with Crippen molar-refractivity contribution in [1.82, 2.24) is 10.2 Å². The van der Waals surface area contributed by atoms with E-state index >= 15 is 0 Å². The highest BCUT2D eigenvalue weighted by Crippen LogP contribution is 2.21. The highest BCUT2D eigenvalue weighted by molar-refractivity contribution is 4.85. The van der Waals surface area contributed by atoms with Crippen LogP contribution in [0.2, 0.25) is 0 Å². The van der Waals surface area contributed by atoms with Crippen molar-refractivity contribution in [1.29, 1.82) is 0 Å². The van der Waals surface area contributed by atoms with E-state index in [9.17, 15) is 0 Å². The van der Waals surface area contributed by atoms with E-state index < -0.39 is 0 Å². The van der Waals surface area contributed by atoms with Crippen molar-refractivity contribution in [3.05, 3.63) is 0 Å². The van der Waals surface area contributed by atoms with Crippen LogP contribution in [0.1, 0.15) is 46.0 Å². The molecule has 1 aliphatic heterocycles. The maximum atomic E-state index is 6.49. The van der Waals surface area contributed by atoms with Crippen molar-refractivity contribution in [2.75, 3.05) is 32.7 Å². The minimum absolute atomic E-state index is 0.0916. The molecule has 1 fully saturated rings. The quantitative estimate of drug-likeness (QED) is 0.694. The van der Waals surface area contributed by atoms with E-state index in [-0.39, 0.29) is 5.54 Å². The zero-order valence-electron chi connectivity index (χ0n) is 11.1. The molecule has 3 heteroatoms. The first-order valence-electron chi connectivity index (χ1n) is 6.92. The molecule has 0 amide bonds. The number of nitrogens with two attached hydrogens (primary N) is 1. The highest BCUT2D eigenvalue weighted by Gasteiger charge is 2.23. The van der Waals surface area contributed by atoms with Crippen LogP contribution in [0, 0.1) is 0 Å². The normalized spacial score (nSPS) is 18.9. The molecule has 0 aromatic heterocycles. The largest absolute Gasteiger partial charge is 0.325 e. The average Bonchev–Trinajstić information content (AvgIpc) is 2.29. The molecule has 0 saturated carbocycles. The Hall–Kier alpha value is -0.120. The summed E-state index contributed by atoms with van der Waals surface area (Å²) in [5.41, 5.74) is 6.59. The Kier molecular flexibility index (Phi) is 6.32.